The van der Waals surface area contributed by atoms with E-state index in [-0.39, 0.29) is 0 Å². The Morgan fingerprint density at radius 1 is 1.40 bits per heavy atom. The van der Waals surface area contributed by atoms with Gasteiger partial charge in [-0.15, -0.1) is 0 Å². The summed E-state index contributed by atoms with van der Waals surface area (Å²) < 4.78 is 0. The van der Waals surface area contributed by atoms with Gasteiger partial charge in [0.05, 0.1) is 5.69 Å². The summed E-state index contributed by atoms with van der Waals surface area (Å²) >= 11 is 0. The van der Waals surface area contributed by atoms with Crippen LogP contribution in [0, 0.1) is 0 Å². The Morgan fingerprint density at radius 2 is 2.40 bits per heavy atom. The maximum atomic E-state index is 4.17. The molecule has 2 rings (SSSR count). The molecule has 1 aliphatic rings. The Morgan fingerprint density at radius 3 is 3.30 bits per heavy atom. The predicted octanol–water partition coefficient (Wildman–Crippen LogP) is 1.06. The molecule has 0 N–H and O–H groups in total. The van der Waals surface area contributed by atoms with Crippen LogP contribution in [0.2, 0.25) is 0 Å². The molecule has 0 spiro atoms. The number of nitrogens with zero attached hydrogens (tertiary/aromatic N) is 2. The number of aliphatic imine (C=N–C) groups is 1. The highest BCUT2D eigenvalue weighted by molar-refractivity contribution is 5.79. The highest BCUT2D eigenvalue weighted by Crippen LogP contribution is 2.07. The van der Waals surface area contributed by atoms with Crippen molar-refractivity contribution in [3.8, 4) is 0 Å². The number of pyridine rings is 1. The summed E-state index contributed by atoms with van der Waals surface area (Å²) in [6.45, 7) is 0.915. The van der Waals surface area contributed by atoms with Gasteiger partial charge in [0.2, 0.25) is 0 Å². The van der Waals surface area contributed by atoms with Gasteiger partial charge in [-0.05, 0) is 18.1 Å². The summed E-state index contributed by atoms with van der Waals surface area (Å²) in [5, 5.41) is 0. The van der Waals surface area contributed by atoms with Crippen molar-refractivity contribution in [3.05, 3.63) is 29.6 Å². The molecule has 0 radical (unpaired) electrons. The highest BCUT2D eigenvalue weighted by atomic mass is 14.8. The van der Waals surface area contributed by atoms with Crippen LogP contribution in [0.4, 0.5) is 0 Å². The number of aromatic nitrogens is 1. The van der Waals surface area contributed by atoms with Gasteiger partial charge in [-0.3, -0.25) is 9.98 Å². The van der Waals surface area contributed by atoms with Gasteiger partial charge in [0.15, 0.2) is 0 Å². The molecule has 0 amide bonds. The Hall–Kier alpha value is -1.18. The first kappa shape index (κ1) is 5.59. The van der Waals surface area contributed by atoms with Crippen LogP contribution in [0.3, 0.4) is 0 Å². The van der Waals surface area contributed by atoms with Crippen molar-refractivity contribution < 1.29 is 0 Å². The van der Waals surface area contributed by atoms with Crippen LogP contribution >= 0.6 is 0 Å². The van der Waals surface area contributed by atoms with Gasteiger partial charge < -0.3 is 0 Å². The fourth-order valence-corrected chi connectivity index (χ4v) is 1.11. The Kier molecular flexibility index (Phi) is 1.24. The van der Waals surface area contributed by atoms with E-state index in [4.69, 9.17) is 0 Å². The van der Waals surface area contributed by atoms with E-state index in [0.29, 0.717) is 0 Å². The topological polar surface area (TPSA) is 25.2 Å². The third kappa shape index (κ3) is 0.817. The molecule has 0 aromatic carbocycles. The fourth-order valence-electron chi connectivity index (χ4n) is 1.11. The molecule has 0 atom stereocenters. The first-order chi connectivity index (χ1) is 4.97. The zero-order valence-electron chi connectivity index (χ0n) is 5.62. The van der Waals surface area contributed by atoms with Crippen LogP contribution in [0.15, 0.2) is 23.3 Å². The van der Waals surface area contributed by atoms with Gasteiger partial charge >= 0.3 is 0 Å². The first-order valence-corrected chi connectivity index (χ1v) is 3.40. The molecular formula is C8H8N2. The maximum Gasteiger partial charge on any atom is 0.0840 e. The third-order valence-electron chi connectivity index (χ3n) is 1.65. The van der Waals surface area contributed by atoms with E-state index in [2.05, 4.69) is 16.0 Å². The fraction of sp³-hybridized carbons (Fsp3) is 0.250. The van der Waals surface area contributed by atoms with Gasteiger partial charge in [0, 0.05) is 19.0 Å². The van der Waals surface area contributed by atoms with Gasteiger partial charge in [-0.2, -0.15) is 0 Å². The van der Waals surface area contributed by atoms with Crippen molar-refractivity contribution in [2.24, 2.45) is 4.99 Å². The highest BCUT2D eigenvalue weighted by Gasteiger charge is 2.02. The number of fused-ring (bicyclic) bond motifs is 1. The average molecular weight is 132 g/mol. The van der Waals surface area contributed by atoms with Gasteiger partial charge in [-0.1, -0.05) is 6.07 Å². The van der Waals surface area contributed by atoms with Gasteiger partial charge in [-0.25, -0.2) is 0 Å². The largest absolute Gasteiger partial charge is 0.291 e. The molecule has 0 fully saturated rings. The van der Waals surface area contributed by atoms with Crippen LogP contribution in [0.25, 0.3) is 0 Å². The SMILES string of the molecule is C1=NCCc2cccnc21. The number of hydrogen-bond acceptors (Lipinski definition) is 2. The van der Waals surface area contributed by atoms with Crippen molar-refractivity contribution in [2.75, 3.05) is 6.54 Å². The van der Waals surface area contributed by atoms with Crippen LogP contribution in [-0.4, -0.2) is 17.7 Å². The Balaban J connectivity index is 2.54. The molecule has 1 aromatic heterocycles. The van der Waals surface area contributed by atoms with E-state index in [1.807, 2.05) is 12.3 Å². The quantitative estimate of drug-likeness (QED) is 0.518. The van der Waals surface area contributed by atoms with Gasteiger partial charge in [0.25, 0.3) is 0 Å². The van der Waals surface area contributed by atoms with Crippen molar-refractivity contribution in [2.45, 2.75) is 6.42 Å². The molecule has 0 aliphatic carbocycles. The molecule has 10 heavy (non-hydrogen) atoms. The van der Waals surface area contributed by atoms with Crippen LogP contribution in [-0.2, 0) is 6.42 Å². The summed E-state index contributed by atoms with van der Waals surface area (Å²) in [6.07, 6.45) is 4.69. The van der Waals surface area contributed by atoms with E-state index in [9.17, 15) is 0 Å². The molecule has 50 valence electrons. The van der Waals surface area contributed by atoms with Crippen LogP contribution in [0.1, 0.15) is 11.3 Å². The zero-order valence-corrected chi connectivity index (χ0v) is 5.62. The summed E-state index contributed by atoms with van der Waals surface area (Å²) in [5.41, 5.74) is 2.35. The standard InChI is InChI=1S/C8H8N2/c1-2-7-3-5-9-6-8(7)10-4-1/h1-2,4,6H,3,5H2. The molecule has 2 heteroatoms. The van der Waals surface area contributed by atoms with Crippen molar-refractivity contribution in [1.82, 2.24) is 4.98 Å². The zero-order chi connectivity index (χ0) is 6.81. The van der Waals surface area contributed by atoms with E-state index in [1.54, 1.807) is 6.20 Å². The molecule has 0 saturated heterocycles. The monoisotopic (exact) mass is 132 g/mol. The van der Waals surface area contributed by atoms with E-state index in [1.165, 1.54) is 5.56 Å². The second-order valence-electron chi connectivity index (χ2n) is 2.33. The van der Waals surface area contributed by atoms with Crippen LogP contribution < -0.4 is 0 Å². The minimum Gasteiger partial charge on any atom is -0.291 e. The number of rotatable bonds is 0. The Labute approximate surface area is 59.6 Å². The van der Waals surface area contributed by atoms with Crippen molar-refractivity contribution >= 4 is 6.21 Å². The summed E-state index contributed by atoms with van der Waals surface area (Å²) in [4.78, 5) is 8.30. The minimum atomic E-state index is 0.915. The normalized spacial score (nSPS) is 14.8. The maximum absolute atomic E-state index is 4.17. The Bertz CT molecular complexity index is 266. The summed E-state index contributed by atoms with van der Waals surface area (Å²) in [6, 6.07) is 4.07. The van der Waals surface area contributed by atoms with E-state index in [0.717, 1.165) is 18.7 Å². The summed E-state index contributed by atoms with van der Waals surface area (Å²) in [7, 11) is 0. The lowest BCUT2D eigenvalue weighted by Crippen LogP contribution is -2.03. The molecule has 0 unspecified atom stereocenters. The molecule has 2 nitrogen and oxygen atoms in total. The predicted molar refractivity (Wildman–Crippen MR) is 40.4 cm³/mol. The lowest BCUT2D eigenvalue weighted by atomic mass is 10.1. The first-order valence-electron chi connectivity index (χ1n) is 3.40. The smallest absolute Gasteiger partial charge is 0.0840 e. The third-order valence-corrected chi connectivity index (χ3v) is 1.65. The molecule has 0 saturated carbocycles. The summed E-state index contributed by atoms with van der Waals surface area (Å²) in [5.74, 6) is 0. The van der Waals surface area contributed by atoms with Gasteiger partial charge in [0.1, 0.15) is 0 Å². The molecular weight excluding hydrogens is 124 g/mol. The van der Waals surface area contributed by atoms with Crippen molar-refractivity contribution in [1.29, 1.82) is 0 Å². The van der Waals surface area contributed by atoms with Crippen LogP contribution in [0.5, 0.6) is 0 Å². The lowest BCUT2D eigenvalue weighted by Gasteiger charge is -2.06. The lowest BCUT2D eigenvalue weighted by molar-refractivity contribution is 0.935. The second-order valence-corrected chi connectivity index (χ2v) is 2.33. The number of hydrogen-bond donors (Lipinski definition) is 0. The second kappa shape index (κ2) is 2.21. The molecule has 1 aliphatic heterocycles. The minimum absolute atomic E-state index is 0.915. The molecule has 0 bridgehead atoms. The van der Waals surface area contributed by atoms with Crippen molar-refractivity contribution in [3.63, 3.8) is 0 Å². The molecule has 1 aromatic rings. The van der Waals surface area contributed by atoms with E-state index < -0.39 is 0 Å². The van der Waals surface area contributed by atoms with E-state index >= 15 is 0 Å². The average Bonchev–Trinajstić information content (AvgIpc) is 2.05. The molecule has 2 heterocycles.